The minimum atomic E-state index is -0.865. The average Bonchev–Trinajstić information content (AvgIpc) is 3.12. The van der Waals surface area contributed by atoms with Crippen molar-refractivity contribution in [2.45, 2.75) is 95.5 Å². The van der Waals surface area contributed by atoms with Gasteiger partial charge in [0.25, 0.3) is 11.4 Å². The van der Waals surface area contributed by atoms with Crippen LogP contribution < -0.4 is 0 Å². The Morgan fingerprint density at radius 2 is 1.12 bits per heavy atom. The van der Waals surface area contributed by atoms with E-state index in [1.807, 2.05) is 31.2 Å². The fourth-order valence-electron chi connectivity index (χ4n) is 7.29. The number of quaternary nitrogens is 2. The number of para-hydroxylation sites is 2. The van der Waals surface area contributed by atoms with E-state index in [4.69, 9.17) is 0 Å². The Hall–Kier alpha value is -2.94. The lowest BCUT2D eigenvalue weighted by molar-refractivity contribution is -0.938. The molecule has 2 unspecified atom stereocenters. The molecule has 0 radical (unpaired) electrons. The Kier molecular flexibility index (Phi) is 16.0. The van der Waals surface area contributed by atoms with Gasteiger partial charge < -0.3 is 13.9 Å². The minimum Gasteiger partial charge on any atom is -0.320 e. The number of urea groups is 1. The fourth-order valence-corrected chi connectivity index (χ4v) is 8.31. The van der Waals surface area contributed by atoms with Crippen LogP contribution in [0.15, 0.2) is 48.5 Å². The van der Waals surface area contributed by atoms with Crippen LogP contribution in [0.5, 0.6) is 0 Å². The number of rotatable bonds is 22. The number of imide groups is 1. The van der Waals surface area contributed by atoms with Crippen molar-refractivity contribution in [3.05, 3.63) is 79.9 Å². The first-order chi connectivity index (χ1) is 24.2. The molecule has 3 rings (SSSR count). The zero-order valence-electron chi connectivity index (χ0n) is 30.9. The summed E-state index contributed by atoms with van der Waals surface area (Å²) in [5.41, 5.74) is 1.81. The predicted molar refractivity (Wildman–Crippen MR) is 208 cm³/mol. The van der Waals surface area contributed by atoms with Crippen LogP contribution in [0.4, 0.5) is 16.2 Å². The molecule has 1 heterocycles. The molecular formula is C37H56Br2N6O6+2. The largest absolute Gasteiger partial charge is 0.327 e. The monoisotopic (exact) mass is 838 g/mol. The van der Waals surface area contributed by atoms with E-state index < -0.39 is 9.28 Å². The zero-order valence-corrected chi connectivity index (χ0v) is 34.1. The van der Waals surface area contributed by atoms with Crippen molar-refractivity contribution >= 4 is 55.2 Å². The number of alkyl halides is 2. The normalized spacial score (nSPS) is 18.4. The molecule has 1 fully saturated rings. The van der Waals surface area contributed by atoms with Crippen molar-refractivity contribution in [1.82, 2.24) is 9.80 Å². The summed E-state index contributed by atoms with van der Waals surface area (Å²) in [6.45, 7) is 17.5. The summed E-state index contributed by atoms with van der Waals surface area (Å²) >= 11 is 7.27. The Morgan fingerprint density at radius 1 is 0.706 bits per heavy atom. The first-order valence-electron chi connectivity index (χ1n) is 18.3. The number of nitrogens with zero attached hydrogens (tertiary/aromatic N) is 6. The number of nitro benzene ring substituents is 2. The first kappa shape index (κ1) is 42.5. The van der Waals surface area contributed by atoms with Crippen LogP contribution in [-0.4, -0.2) is 102 Å². The molecule has 2 atom stereocenters. The van der Waals surface area contributed by atoms with Gasteiger partial charge in [-0.05, 0) is 85.3 Å². The Balaban J connectivity index is 1.55. The fraction of sp³-hybridized carbons (Fsp3) is 0.622. The van der Waals surface area contributed by atoms with E-state index in [-0.39, 0.29) is 33.2 Å². The third-order valence-electron chi connectivity index (χ3n) is 11.0. The Bertz CT molecular complexity index is 1500. The third kappa shape index (κ3) is 10.6. The van der Waals surface area contributed by atoms with Gasteiger partial charge in [0.1, 0.15) is 22.4 Å². The topological polar surface area (TPSA) is 127 Å². The zero-order chi connectivity index (χ0) is 37.8. The minimum absolute atomic E-state index is 0.155. The first-order valence-corrected chi connectivity index (χ1v) is 20.0. The highest BCUT2D eigenvalue weighted by Crippen LogP contribution is 2.38. The second-order valence-electron chi connectivity index (χ2n) is 13.9. The van der Waals surface area contributed by atoms with Crippen LogP contribution in [0, 0.1) is 20.2 Å². The van der Waals surface area contributed by atoms with Crippen LogP contribution >= 0.6 is 31.9 Å². The Morgan fingerprint density at radius 3 is 1.53 bits per heavy atom. The molecule has 51 heavy (non-hydrogen) atoms. The number of hydrogen-bond acceptors (Lipinski definition) is 6. The van der Waals surface area contributed by atoms with E-state index in [2.05, 4.69) is 59.6 Å². The molecule has 1 aliphatic heterocycles. The van der Waals surface area contributed by atoms with Crippen molar-refractivity contribution in [2.75, 3.05) is 52.4 Å². The molecular weight excluding hydrogens is 784 g/mol. The van der Waals surface area contributed by atoms with Gasteiger partial charge in [0, 0.05) is 25.2 Å². The van der Waals surface area contributed by atoms with Gasteiger partial charge in [-0.15, -0.1) is 0 Å². The van der Waals surface area contributed by atoms with E-state index in [9.17, 15) is 29.8 Å². The molecule has 3 amide bonds. The summed E-state index contributed by atoms with van der Waals surface area (Å²) in [6, 6.07) is 13.6. The van der Waals surface area contributed by atoms with Crippen LogP contribution in [0.2, 0.25) is 0 Å². The SMILES string of the molecule is CC[N+](CC)(CCCCCN1C(=O)C(Br)C(C)(Br)N(CCCCC[N+](CC)(CC)Cc2ccccc2[N+](=O)[O-])C1=O)Cc1ccccc1[N+](=O)[O-]. The molecule has 0 bridgehead atoms. The second kappa shape index (κ2) is 19.2. The lowest BCUT2D eigenvalue weighted by atomic mass is 10.1. The molecule has 0 spiro atoms. The molecule has 2 aromatic carbocycles. The van der Waals surface area contributed by atoms with Crippen molar-refractivity contribution in [3.63, 3.8) is 0 Å². The molecule has 0 aromatic heterocycles. The maximum absolute atomic E-state index is 13.8. The number of benzene rings is 2. The third-order valence-corrected chi connectivity index (χ3v) is 13.8. The highest BCUT2D eigenvalue weighted by atomic mass is 79.9. The quantitative estimate of drug-likeness (QED) is 0.0293. The molecule has 12 nitrogen and oxygen atoms in total. The van der Waals surface area contributed by atoms with E-state index >= 15 is 0 Å². The second-order valence-corrected chi connectivity index (χ2v) is 16.4. The number of halogens is 2. The van der Waals surface area contributed by atoms with Crippen molar-refractivity contribution in [1.29, 1.82) is 0 Å². The maximum Gasteiger partial charge on any atom is 0.327 e. The number of nitro groups is 2. The lowest BCUT2D eigenvalue weighted by Crippen LogP contribution is -2.66. The van der Waals surface area contributed by atoms with Gasteiger partial charge in [0.15, 0.2) is 0 Å². The van der Waals surface area contributed by atoms with Gasteiger partial charge in [0.05, 0.1) is 60.2 Å². The predicted octanol–water partition coefficient (Wildman–Crippen LogP) is 8.40. The van der Waals surface area contributed by atoms with Crippen LogP contribution in [0.3, 0.4) is 0 Å². The van der Waals surface area contributed by atoms with Crippen molar-refractivity contribution in [3.8, 4) is 0 Å². The van der Waals surface area contributed by atoms with Crippen molar-refractivity contribution in [2.24, 2.45) is 0 Å². The molecule has 14 heteroatoms. The molecule has 1 aliphatic rings. The standard InChI is InChI=1S/C37H56Br2N6O6/c1-6-44(7-2,28-30-20-12-14-22-32(30)42(48)49)26-18-10-16-24-40-35(46)34(38)37(5,39)41(36(40)47)25-17-11-19-27-45(8-3,9-4)29-31-21-13-15-23-33(31)43(50)51/h12-15,20-23,34H,6-11,16-19,24-29H2,1-5H3/q+2. The van der Waals surface area contributed by atoms with E-state index in [0.717, 1.165) is 91.5 Å². The van der Waals surface area contributed by atoms with Crippen LogP contribution in [0.25, 0.3) is 0 Å². The van der Waals surface area contributed by atoms with Gasteiger partial charge in [-0.2, -0.15) is 0 Å². The summed E-state index contributed by atoms with van der Waals surface area (Å²) in [7, 11) is 0. The van der Waals surface area contributed by atoms with Crippen molar-refractivity contribution < 1.29 is 28.4 Å². The molecule has 2 aromatic rings. The summed E-state index contributed by atoms with van der Waals surface area (Å²) in [5, 5.41) is 23.2. The number of carbonyl (C=O) groups is 2. The Labute approximate surface area is 319 Å². The van der Waals surface area contributed by atoms with Gasteiger partial charge in [0.2, 0.25) is 5.91 Å². The van der Waals surface area contributed by atoms with Gasteiger partial charge in [-0.25, -0.2) is 4.79 Å². The van der Waals surface area contributed by atoms with E-state index in [1.54, 1.807) is 29.2 Å². The average molecular weight is 841 g/mol. The smallest absolute Gasteiger partial charge is 0.320 e. The summed E-state index contributed by atoms with van der Waals surface area (Å²) in [4.78, 5) is 52.3. The number of unbranched alkanes of at least 4 members (excludes halogenated alkanes) is 4. The summed E-state index contributed by atoms with van der Waals surface area (Å²) in [6.07, 6.45) is 4.94. The highest BCUT2D eigenvalue weighted by Gasteiger charge is 2.51. The number of amides is 3. The van der Waals surface area contributed by atoms with E-state index in [1.165, 1.54) is 4.90 Å². The molecule has 1 saturated heterocycles. The van der Waals surface area contributed by atoms with E-state index in [0.29, 0.717) is 32.6 Å². The van der Waals surface area contributed by atoms with Crippen LogP contribution in [-0.2, 0) is 17.9 Å². The van der Waals surface area contributed by atoms with Gasteiger partial charge >= 0.3 is 6.03 Å². The van der Waals surface area contributed by atoms with Gasteiger partial charge in [-0.3, -0.25) is 29.9 Å². The molecule has 0 aliphatic carbocycles. The number of hydrogen-bond donors (Lipinski definition) is 0. The molecule has 0 N–H and O–H groups in total. The maximum atomic E-state index is 13.8. The van der Waals surface area contributed by atoms with Gasteiger partial charge in [-0.1, -0.05) is 56.1 Å². The number of carbonyl (C=O) groups excluding carboxylic acids is 2. The molecule has 0 saturated carbocycles. The lowest BCUT2D eigenvalue weighted by Gasteiger charge is -2.47. The van der Waals surface area contributed by atoms with Crippen LogP contribution in [0.1, 0.15) is 84.3 Å². The summed E-state index contributed by atoms with van der Waals surface area (Å²) < 4.78 is 0.613. The highest BCUT2D eigenvalue weighted by molar-refractivity contribution is 9.12. The molecule has 282 valence electrons. The summed E-state index contributed by atoms with van der Waals surface area (Å²) in [5.74, 6) is -0.248.